The van der Waals surface area contributed by atoms with Gasteiger partial charge in [0.15, 0.2) is 0 Å². The Labute approximate surface area is 163 Å². The van der Waals surface area contributed by atoms with E-state index in [1.165, 1.54) is 29.3 Å². The molecule has 1 unspecified atom stereocenters. The molecule has 1 aliphatic carbocycles. The van der Waals surface area contributed by atoms with Crippen LogP contribution in [0.3, 0.4) is 0 Å². The molecule has 0 aromatic heterocycles. The molecule has 0 spiro atoms. The molecule has 2 aromatic carbocycles. The quantitative estimate of drug-likeness (QED) is 0.708. The third-order valence-corrected chi connectivity index (χ3v) is 5.05. The van der Waals surface area contributed by atoms with Crippen molar-refractivity contribution in [1.29, 1.82) is 0 Å². The van der Waals surface area contributed by atoms with Crippen LogP contribution in [0.1, 0.15) is 50.7 Å². The van der Waals surface area contributed by atoms with Gasteiger partial charge in [-0.2, -0.15) is 0 Å². The average Bonchev–Trinajstić information content (AvgIpc) is 2.66. The summed E-state index contributed by atoms with van der Waals surface area (Å²) in [5.41, 5.74) is 13.7. The molecule has 0 fully saturated rings. The van der Waals surface area contributed by atoms with E-state index in [1.807, 2.05) is 24.1 Å². The first kappa shape index (κ1) is 19.6. The van der Waals surface area contributed by atoms with Crippen LogP contribution in [0, 0.1) is 0 Å². The molecule has 3 rings (SSSR count). The van der Waals surface area contributed by atoms with Crippen molar-refractivity contribution in [3.8, 4) is 0 Å². The van der Waals surface area contributed by atoms with Crippen LogP contribution >= 0.6 is 0 Å². The maximum atomic E-state index is 12.6. The fourth-order valence-corrected chi connectivity index (χ4v) is 3.71. The van der Waals surface area contributed by atoms with Gasteiger partial charge in [0.1, 0.15) is 0 Å². The Balaban J connectivity index is 1.72. The van der Waals surface area contributed by atoms with E-state index in [2.05, 4.69) is 17.4 Å². The molecule has 146 valence electrons. The van der Waals surface area contributed by atoms with Crippen molar-refractivity contribution in [2.45, 2.75) is 25.3 Å². The lowest BCUT2D eigenvalue weighted by atomic mass is 9.87. The minimum Gasteiger partial charge on any atom is -0.366 e. The Kier molecular flexibility index (Phi) is 5.75. The van der Waals surface area contributed by atoms with E-state index in [4.69, 9.17) is 11.5 Å². The minimum atomic E-state index is -0.700. The van der Waals surface area contributed by atoms with E-state index >= 15 is 0 Å². The number of anilines is 1. The molecule has 2 aromatic rings. The summed E-state index contributed by atoms with van der Waals surface area (Å²) in [6.07, 6.45) is 3.13. The molecule has 0 saturated heterocycles. The lowest BCUT2D eigenvalue weighted by molar-refractivity contribution is -0.117. The van der Waals surface area contributed by atoms with Crippen molar-refractivity contribution >= 4 is 23.4 Å². The zero-order valence-electron chi connectivity index (χ0n) is 15.8. The average molecular weight is 380 g/mol. The summed E-state index contributed by atoms with van der Waals surface area (Å²) in [5.74, 6) is -1.65. The van der Waals surface area contributed by atoms with Gasteiger partial charge in [0.2, 0.25) is 17.7 Å². The summed E-state index contributed by atoms with van der Waals surface area (Å²) in [5, 5.41) is 2.73. The standard InChI is InChI=1S/C21H24N4O3/c1-25(18-8-4-6-13-5-2-3-7-17(13)18)12-19(26)24-16-10-14(20(22)27)9-15(11-16)21(23)28/h2-3,5,7,9-11,18H,4,6,8,12H2,1H3,(H2,22,27)(H2,23,28)(H,24,26). The van der Waals surface area contributed by atoms with Crippen molar-refractivity contribution in [3.63, 3.8) is 0 Å². The molecule has 28 heavy (non-hydrogen) atoms. The Morgan fingerprint density at radius 3 is 2.36 bits per heavy atom. The molecule has 5 N–H and O–H groups in total. The molecule has 7 nitrogen and oxygen atoms in total. The van der Waals surface area contributed by atoms with Crippen molar-refractivity contribution in [1.82, 2.24) is 4.90 Å². The second-order valence-corrected chi connectivity index (χ2v) is 7.10. The van der Waals surface area contributed by atoms with Crippen LogP contribution in [0.4, 0.5) is 5.69 Å². The number of aryl methyl sites for hydroxylation is 1. The number of carbonyl (C=O) groups is 3. The van der Waals surface area contributed by atoms with Gasteiger partial charge in [-0.15, -0.1) is 0 Å². The van der Waals surface area contributed by atoms with E-state index < -0.39 is 11.8 Å². The summed E-state index contributed by atoms with van der Waals surface area (Å²) < 4.78 is 0. The largest absolute Gasteiger partial charge is 0.366 e. The Morgan fingerprint density at radius 2 is 1.71 bits per heavy atom. The second kappa shape index (κ2) is 8.22. The van der Waals surface area contributed by atoms with E-state index in [1.54, 1.807) is 0 Å². The third kappa shape index (κ3) is 4.37. The molecule has 0 aliphatic heterocycles. The highest BCUT2D eigenvalue weighted by molar-refractivity contribution is 6.01. The van der Waals surface area contributed by atoms with Crippen LogP contribution < -0.4 is 16.8 Å². The minimum absolute atomic E-state index is 0.112. The van der Waals surface area contributed by atoms with E-state index in [0.717, 1.165) is 19.3 Å². The predicted octanol–water partition coefficient (Wildman–Crippen LogP) is 1.83. The van der Waals surface area contributed by atoms with Gasteiger partial charge in [-0.25, -0.2) is 0 Å². The van der Waals surface area contributed by atoms with Gasteiger partial charge in [-0.05, 0) is 55.6 Å². The van der Waals surface area contributed by atoms with E-state index in [0.29, 0.717) is 5.69 Å². The van der Waals surface area contributed by atoms with Crippen LogP contribution in [-0.4, -0.2) is 36.2 Å². The molecule has 0 heterocycles. The maximum Gasteiger partial charge on any atom is 0.248 e. The lowest BCUT2D eigenvalue weighted by Crippen LogP contribution is -2.35. The smallest absolute Gasteiger partial charge is 0.248 e. The van der Waals surface area contributed by atoms with E-state index in [-0.39, 0.29) is 29.6 Å². The topological polar surface area (TPSA) is 119 Å². The fraction of sp³-hybridized carbons (Fsp3) is 0.286. The van der Waals surface area contributed by atoms with Gasteiger partial charge in [0.25, 0.3) is 0 Å². The second-order valence-electron chi connectivity index (χ2n) is 7.10. The zero-order chi connectivity index (χ0) is 20.3. The van der Waals surface area contributed by atoms with Gasteiger partial charge in [0, 0.05) is 22.9 Å². The molecular weight excluding hydrogens is 356 g/mol. The first-order chi connectivity index (χ1) is 13.3. The normalized spacial score (nSPS) is 15.7. The summed E-state index contributed by atoms with van der Waals surface area (Å²) >= 11 is 0. The Hall–Kier alpha value is -3.19. The van der Waals surface area contributed by atoms with Crippen molar-refractivity contribution < 1.29 is 14.4 Å². The molecule has 1 aliphatic rings. The maximum absolute atomic E-state index is 12.6. The molecule has 3 amide bonds. The molecule has 7 heteroatoms. The highest BCUT2D eigenvalue weighted by Gasteiger charge is 2.24. The molecule has 0 radical (unpaired) electrons. The number of primary amides is 2. The first-order valence-electron chi connectivity index (χ1n) is 9.17. The van der Waals surface area contributed by atoms with Crippen LogP contribution in [-0.2, 0) is 11.2 Å². The number of rotatable bonds is 6. The van der Waals surface area contributed by atoms with Gasteiger partial charge >= 0.3 is 0 Å². The van der Waals surface area contributed by atoms with Crippen LogP contribution in [0.2, 0.25) is 0 Å². The van der Waals surface area contributed by atoms with E-state index in [9.17, 15) is 14.4 Å². The fourth-order valence-electron chi connectivity index (χ4n) is 3.71. The summed E-state index contributed by atoms with van der Waals surface area (Å²) in [6, 6.07) is 12.7. The van der Waals surface area contributed by atoms with Gasteiger partial charge in [-0.1, -0.05) is 24.3 Å². The van der Waals surface area contributed by atoms with Crippen molar-refractivity contribution in [2.24, 2.45) is 11.5 Å². The van der Waals surface area contributed by atoms with Crippen molar-refractivity contribution in [2.75, 3.05) is 18.9 Å². The first-order valence-corrected chi connectivity index (χ1v) is 9.17. The highest BCUT2D eigenvalue weighted by Crippen LogP contribution is 2.33. The Morgan fingerprint density at radius 1 is 1.07 bits per heavy atom. The van der Waals surface area contributed by atoms with Crippen molar-refractivity contribution in [3.05, 3.63) is 64.7 Å². The number of benzene rings is 2. The summed E-state index contributed by atoms with van der Waals surface area (Å²) in [6.45, 7) is 0.172. The van der Waals surface area contributed by atoms with Crippen LogP contribution in [0.25, 0.3) is 0 Å². The zero-order valence-corrected chi connectivity index (χ0v) is 15.8. The Bertz CT molecular complexity index is 893. The monoisotopic (exact) mass is 380 g/mol. The predicted molar refractivity (Wildman–Crippen MR) is 107 cm³/mol. The SMILES string of the molecule is CN(CC(=O)Nc1cc(C(N)=O)cc(C(N)=O)c1)C1CCCc2ccccc21. The van der Waals surface area contributed by atoms with Gasteiger partial charge in [0.05, 0.1) is 6.54 Å². The van der Waals surface area contributed by atoms with Gasteiger partial charge < -0.3 is 16.8 Å². The number of amides is 3. The summed E-state index contributed by atoms with van der Waals surface area (Å²) in [4.78, 5) is 37.5. The highest BCUT2D eigenvalue weighted by atomic mass is 16.2. The number of nitrogens with zero attached hydrogens (tertiary/aromatic N) is 1. The molecule has 0 saturated carbocycles. The summed E-state index contributed by atoms with van der Waals surface area (Å²) in [7, 11) is 1.92. The number of nitrogens with two attached hydrogens (primary N) is 2. The number of carbonyl (C=O) groups excluding carboxylic acids is 3. The number of fused-ring (bicyclic) bond motifs is 1. The third-order valence-electron chi connectivity index (χ3n) is 5.05. The number of hydrogen-bond donors (Lipinski definition) is 3. The molecule has 0 bridgehead atoms. The van der Waals surface area contributed by atoms with Gasteiger partial charge in [-0.3, -0.25) is 19.3 Å². The number of hydrogen-bond acceptors (Lipinski definition) is 4. The lowest BCUT2D eigenvalue weighted by Gasteiger charge is -2.32. The number of nitrogens with one attached hydrogen (secondary N) is 1. The molecule has 1 atom stereocenters. The molecular formula is C21H24N4O3. The van der Waals surface area contributed by atoms with Crippen LogP contribution in [0.5, 0.6) is 0 Å². The van der Waals surface area contributed by atoms with Crippen LogP contribution in [0.15, 0.2) is 42.5 Å². The number of likely N-dealkylation sites (N-methyl/N-ethyl adjacent to an activating group) is 1.